The first-order valence-corrected chi connectivity index (χ1v) is 9.10. The molecule has 3 N–H and O–H groups in total. The summed E-state index contributed by atoms with van der Waals surface area (Å²) in [6.07, 6.45) is 4.36. The predicted octanol–water partition coefficient (Wildman–Crippen LogP) is 3.54. The highest BCUT2D eigenvalue weighted by Gasteiger charge is 2.10. The number of carbonyl (C=O) groups is 1. The number of nitrogens with two attached hydrogens (primary N) is 1. The van der Waals surface area contributed by atoms with E-state index in [1.54, 1.807) is 0 Å². The van der Waals surface area contributed by atoms with Crippen molar-refractivity contribution in [3.05, 3.63) is 65.2 Å². The second-order valence-electron chi connectivity index (χ2n) is 6.85. The molecule has 1 aliphatic heterocycles. The first kappa shape index (κ1) is 20.3. The number of amides is 1. The largest absolute Gasteiger partial charge is 0.399 e. The van der Waals surface area contributed by atoms with Crippen molar-refractivity contribution in [3.63, 3.8) is 0 Å². The number of hydrogen-bond donors (Lipinski definition) is 2. The molecule has 3 rings (SSSR count). The van der Waals surface area contributed by atoms with Gasteiger partial charge in [-0.05, 0) is 54.8 Å². The minimum Gasteiger partial charge on any atom is -0.399 e. The monoisotopic (exact) mass is 373 g/mol. The second-order valence-corrected chi connectivity index (χ2v) is 6.85. The molecule has 2 aromatic carbocycles. The minimum atomic E-state index is 0. The third-order valence-electron chi connectivity index (χ3n) is 4.68. The van der Waals surface area contributed by atoms with Crippen molar-refractivity contribution in [2.45, 2.75) is 38.8 Å². The van der Waals surface area contributed by atoms with Gasteiger partial charge in [-0.1, -0.05) is 42.8 Å². The number of piperidine rings is 1. The lowest BCUT2D eigenvalue weighted by Gasteiger charge is -2.26. The smallest absolute Gasteiger partial charge is 0.224 e. The van der Waals surface area contributed by atoms with E-state index in [2.05, 4.69) is 34.5 Å². The lowest BCUT2D eigenvalue weighted by molar-refractivity contribution is -0.120. The molecule has 1 saturated heterocycles. The Hall–Kier alpha value is -2.04. The van der Waals surface area contributed by atoms with Crippen LogP contribution in [0.15, 0.2) is 48.5 Å². The third-order valence-corrected chi connectivity index (χ3v) is 4.68. The van der Waals surface area contributed by atoms with E-state index < -0.39 is 0 Å². The molecule has 0 radical (unpaired) electrons. The zero-order valence-electron chi connectivity index (χ0n) is 15.1. The van der Waals surface area contributed by atoms with Gasteiger partial charge in [0.1, 0.15) is 0 Å². The van der Waals surface area contributed by atoms with Crippen LogP contribution in [-0.2, 0) is 24.3 Å². The maximum absolute atomic E-state index is 12.1. The molecule has 0 atom stereocenters. The number of rotatable bonds is 6. The summed E-state index contributed by atoms with van der Waals surface area (Å²) >= 11 is 0. The number of benzene rings is 2. The average molecular weight is 374 g/mol. The lowest BCUT2D eigenvalue weighted by atomic mass is 10.1. The molecule has 1 amide bonds. The summed E-state index contributed by atoms with van der Waals surface area (Å²) in [5.74, 6) is 0.0167. The molecule has 0 unspecified atom stereocenters. The topological polar surface area (TPSA) is 58.4 Å². The van der Waals surface area contributed by atoms with Crippen LogP contribution < -0.4 is 11.1 Å². The van der Waals surface area contributed by atoms with Crippen molar-refractivity contribution < 1.29 is 4.79 Å². The highest BCUT2D eigenvalue weighted by atomic mass is 35.5. The van der Waals surface area contributed by atoms with Crippen molar-refractivity contribution in [3.8, 4) is 0 Å². The van der Waals surface area contributed by atoms with Crippen LogP contribution in [0.4, 0.5) is 5.69 Å². The van der Waals surface area contributed by atoms with Gasteiger partial charge in [0.05, 0.1) is 6.42 Å². The molecule has 0 aromatic heterocycles. The highest BCUT2D eigenvalue weighted by molar-refractivity contribution is 5.85. The van der Waals surface area contributed by atoms with Crippen molar-refractivity contribution in [1.29, 1.82) is 0 Å². The number of nitrogens with zero attached hydrogens (tertiary/aromatic N) is 1. The second kappa shape index (κ2) is 10.2. The molecule has 26 heavy (non-hydrogen) atoms. The Morgan fingerprint density at radius 2 is 1.65 bits per heavy atom. The van der Waals surface area contributed by atoms with Gasteiger partial charge in [-0.15, -0.1) is 12.4 Å². The van der Waals surface area contributed by atoms with E-state index >= 15 is 0 Å². The number of nitrogens with one attached hydrogen (secondary N) is 1. The standard InChI is InChI=1S/C21H27N3O.ClH/c22-20-6-4-5-19(13-20)14-21(25)23-15-17-7-9-18(10-8-17)16-24-11-2-1-3-12-24;/h4-10,13H,1-3,11-12,14-16,22H2,(H,23,25);1H. The maximum atomic E-state index is 12.1. The summed E-state index contributed by atoms with van der Waals surface area (Å²) < 4.78 is 0. The molecule has 140 valence electrons. The number of anilines is 1. The molecule has 1 aliphatic rings. The fraction of sp³-hybridized carbons (Fsp3) is 0.381. The van der Waals surface area contributed by atoms with Crippen LogP contribution in [0.3, 0.4) is 0 Å². The Morgan fingerprint density at radius 3 is 2.35 bits per heavy atom. The lowest BCUT2D eigenvalue weighted by Crippen LogP contribution is -2.29. The van der Waals surface area contributed by atoms with Gasteiger partial charge >= 0.3 is 0 Å². The Bertz CT molecular complexity index is 697. The number of halogens is 1. The van der Waals surface area contributed by atoms with Crippen molar-refractivity contribution in [2.24, 2.45) is 0 Å². The van der Waals surface area contributed by atoms with E-state index in [9.17, 15) is 4.79 Å². The van der Waals surface area contributed by atoms with E-state index in [0.717, 1.165) is 17.7 Å². The fourth-order valence-electron chi connectivity index (χ4n) is 3.29. The average Bonchev–Trinajstić information content (AvgIpc) is 2.62. The van der Waals surface area contributed by atoms with E-state index in [0.29, 0.717) is 18.7 Å². The summed E-state index contributed by atoms with van der Waals surface area (Å²) in [5.41, 5.74) is 9.85. The number of nitrogen functional groups attached to an aromatic ring is 1. The molecule has 0 bridgehead atoms. The van der Waals surface area contributed by atoms with Crippen molar-refractivity contribution >= 4 is 24.0 Å². The molecular weight excluding hydrogens is 346 g/mol. The van der Waals surface area contributed by atoms with Crippen LogP contribution in [0.1, 0.15) is 36.0 Å². The van der Waals surface area contributed by atoms with Gasteiger partial charge in [0.2, 0.25) is 5.91 Å². The Balaban J connectivity index is 0.00000243. The van der Waals surface area contributed by atoms with Gasteiger partial charge in [0, 0.05) is 18.8 Å². The first-order valence-electron chi connectivity index (χ1n) is 9.10. The van der Waals surface area contributed by atoms with Gasteiger partial charge < -0.3 is 11.1 Å². The normalized spacial score (nSPS) is 14.5. The van der Waals surface area contributed by atoms with Crippen LogP contribution in [0.2, 0.25) is 0 Å². The van der Waals surface area contributed by atoms with Gasteiger partial charge in [0.25, 0.3) is 0 Å². The Morgan fingerprint density at radius 1 is 0.962 bits per heavy atom. The summed E-state index contributed by atoms with van der Waals surface area (Å²) in [4.78, 5) is 14.6. The molecule has 0 aliphatic carbocycles. The summed E-state index contributed by atoms with van der Waals surface area (Å²) in [6.45, 7) is 4.01. The molecule has 1 heterocycles. The van der Waals surface area contributed by atoms with Gasteiger partial charge in [-0.2, -0.15) is 0 Å². The van der Waals surface area contributed by atoms with E-state index in [-0.39, 0.29) is 18.3 Å². The molecule has 2 aromatic rings. The van der Waals surface area contributed by atoms with Gasteiger partial charge in [-0.25, -0.2) is 0 Å². The number of likely N-dealkylation sites (tertiary alicyclic amines) is 1. The predicted molar refractivity (Wildman–Crippen MR) is 109 cm³/mol. The SMILES string of the molecule is Cl.Nc1cccc(CC(=O)NCc2ccc(CN3CCCCC3)cc2)c1. The van der Waals surface area contributed by atoms with E-state index in [4.69, 9.17) is 5.73 Å². The van der Waals surface area contributed by atoms with E-state index in [1.807, 2.05) is 24.3 Å². The molecule has 1 fully saturated rings. The van der Waals surface area contributed by atoms with Crippen molar-refractivity contribution in [1.82, 2.24) is 10.2 Å². The van der Waals surface area contributed by atoms with Gasteiger partial charge in [-0.3, -0.25) is 9.69 Å². The molecule has 4 nitrogen and oxygen atoms in total. The molecular formula is C21H28ClN3O. The molecule has 0 saturated carbocycles. The minimum absolute atomic E-state index is 0. The number of hydrogen-bond acceptors (Lipinski definition) is 3. The summed E-state index contributed by atoms with van der Waals surface area (Å²) in [5, 5.41) is 2.98. The van der Waals surface area contributed by atoms with E-state index in [1.165, 1.54) is 37.9 Å². The summed E-state index contributed by atoms with van der Waals surface area (Å²) in [7, 11) is 0. The van der Waals surface area contributed by atoms with Crippen molar-refractivity contribution in [2.75, 3.05) is 18.8 Å². The van der Waals surface area contributed by atoms with Crippen LogP contribution in [-0.4, -0.2) is 23.9 Å². The zero-order chi connectivity index (χ0) is 17.5. The van der Waals surface area contributed by atoms with Crippen LogP contribution in [0.25, 0.3) is 0 Å². The van der Waals surface area contributed by atoms with Crippen LogP contribution in [0, 0.1) is 0 Å². The summed E-state index contributed by atoms with van der Waals surface area (Å²) in [6, 6.07) is 16.0. The Kier molecular flexibility index (Phi) is 7.95. The fourth-order valence-corrected chi connectivity index (χ4v) is 3.29. The molecule has 0 spiro atoms. The first-order chi connectivity index (χ1) is 12.2. The van der Waals surface area contributed by atoms with Gasteiger partial charge in [0.15, 0.2) is 0 Å². The maximum Gasteiger partial charge on any atom is 0.224 e. The Labute approximate surface area is 162 Å². The molecule has 5 heteroatoms. The quantitative estimate of drug-likeness (QED) is 0.761. The zero-order valence-corrected chi connectivity index (χ0v) is 15.9. The van der Waals surface area contributed by atoms with Crippen LogP contribution in [0.5, 0.6) is 0 Å². The highest BCUT2D eigenvalue weighted by Crippen LogP contribution is 2.13. The van der Waals surface area contributed by atoms with Crippen LogP contribution >= 0.6 is 12.4 Å². The number of carbonyl (C=O) groups excluding carboxylic acids is 1. The third kappa shape index (κ3) is 6.36.